The van der Waals surface area contributed by atoms with Crippen molar-refractivity contribution < 1.29 is 9.59 Å². The van der Waals surface area contributed by atoms with E-state index >= 15 is 0 Å². The number of benzene rings is 1. The van der Waals surface area contributed by atoms with Crippen LogP contribution < -0.4 is 4.90 Å². The van der Waals surface area contributed by atoms with Crippen LogP contribution in [0.1, 0.15) is 19.8 Å². The van der Waals surface area contributed by atoms with Crippen molar-refractivity contribution in [3.05, 3.63) is 28.2 Å². The van der Waals surface area contributed by atoms with Crippen molar-refractivity contribution in [3.8, 4) is 0 Å². The lowest BCUT2D eigenvalue weighted by molar-refractivity contribution is -0.143. The Hall–Kier alpha value is -1.26. The van der Waals surface area contributed by atoms with Crippen LogP contribution >= 0.6 is 23.2 Å². The smallest absolute Gasteiger partial charge is 0.250 e. The Balaban J connectivity index is 2.05. The molecule has 106 valence electrons. The van der Waals surface area contributed by atoms with Gasteiger partial charge in [0.25, 0.3) is 5.91 Å². The molecule has 0 spiro atoms. The number of anilines is 1. The average molecular weight is 313 g/mol. The van der Waals surface area contributed by atoms with E-state index in [-0.39, 0.29) is 17.9 Å². The van der Waals surface area contributed by atoms with Gasteiger partial charge in [-0.1, -0.05) is 23.2 Å². The van der Waals surface area contributed by atoms with E-state index in [0.29, 0.717) is 28.7 Å². The number of fused-ring (bicyclic) bond motifs is 1. The Morgan fingerprint density at radius 2 is 1.95 bits per heavy atom. The molecule has 2 unspecified atom stereocenters. The molecular formula is C14H14Cl2N2O2. The fraction of sp³-hybridized carbons (Fsp3) is 0.429. The first-order chi connectivity index (χ1) is 9.50. The second-order valence-electron chi connectivity index (χ2n) is 5.17. The molecule has 2 heterocycles. The van der Waals surface area contributed by atoms with Gasteiger partial charge >= 0.3 is 0 Å². The summed E-state index contributed by atoms with van der Waals surface area (Å²) in [6, 6.07) is 4.04. The Morgan fingerprint density at radius 3 is 2.70 bits per heavy atom. The average Bonchev–Trinajstić information content (AvgIpc) is 2.90. The van der Waals surface area contributed by atoms with Crippen LogP contribution in [0.5, 0.6) is 0 Å². The summed E-state index contributed by atoms with van der Waals surface area (Å²) >= 11 is 12.2. The van der Waals surface area contributed by atoms with E-state index in [1.807, 2.05) is 0 Å². The van der Waals surface area contributed by atoms with Crippen LogP contribution in [0.3, 0.4) is 0 Å². The highest BCUT2D eigenvalue weighted by Crippen LogP contribution is 2.35. The maximum atomic E-state index is 12.7. The Labute approximate surface area is 127 Å². The van der Waals surface area contributed by atoms with Gasteiger partial charge < -0.3 is 4.90 Å². The second kappa shape index (κ2) is 4.93. The molecule has 2 amide bonds. The first kappa shape index (κ1) is 13.7. The van der Waals surface area contributed by atoms with Gasteiger partial charge in [-0.3, -0.25) is 14.5 Å². The van der Waals surface area contributed by atoms with Crippen LogP contribution in [0.2, 0.25) is 10.0 Å². The zero-order chi connectivity index (χ0) is 14.4. The molecule has 20 heavy (non-hydrogen) atoms. The number of hydrogen-bond donors (Lipinski definition) is 0. The van der Waals surface area contributed by atoms with Crippen molar-refractivity contribution in [2.45, 2.75) is 31.8 Å². The Bertz CT molecular complexity index is 591. The summed E-state index contributed by atoms with van der Waals surface area (Å²) in [7, 11) is 0. The van der Waals surface area contributed by atoms with E-state index in [9.17, 15) is 9.59 Å². The molecule has 0 radical (unpaired) electrons. The fourth-order valence-electron chi connectivity index (χ4n) is 2.99. The van der Waals surface area contributed by atoms with Gasteiger partial charge in [-0.2, -0.15) is 0 Å². The van der Waals surface area contributed by atoms with E-state index in [1.54, 1.807) is 30.0 Å². The molecule has 3 rings (SSSR count). The molecule has 0 N–H and O–H groups in total. The first-order valence-corrected chi connectivity index (χ1v) is 7.35. The summed E-state index contributed by atoms with van der Waals surface area (Å²) in [4.78, 5) is 28.2. The van der Waals surface area contributed by atoms with Crippen LogP contribution in [0.4, 0.5) is 5.69 Å². The summed E-state index contributed by atoms with van der Waals surface area (Å²) in [6.45, 7) is 2.39. The third kappa shape index (κ3) is 1.98. The molecule has 6 heteroatoms. The highest BCUT2D eigenvalue weighted by Gasteiger charge is 2.46. The van der Waals surface area contributed by atoms with E-state index in [4.69, 9.17) is 23.2 Å². The van der Waals surface area contributed by atoms with Crippen molar-refractivity contribution in [1.29, 1.82) is 0 Å². The molecule has 2 atom stereocenters. The summed E-state index contributed by atoms with van der Waals surface area (Å²) < 4.78 is 0. The van der Waals surface area contributed by atoms with E-state index in [1.165, 1.54) is 4.90 Å². The van der Waals surface area contributed by atoms with Crippen molar-refractivity contribution in [2.75, 3.05) is 11.4 Å². The lowest BCUT2D eigenvalue weighted by atomic mass is 10.1. The molecule has 1 aromatic carbocycles. The van der Waals surface area contributed by atoms with Crippen molar-refractivity contribution in [2.24, 2.45) is 0 Å². The molecule has 2 aliphatic heterocycles. The van der Waals surface area contributed by atoms with Gasteiger partial charge in [0, 0.05) is 11.6 Å². The summed E-state index contributed by atoms with van der Waals surface area (Å²) in [5.41, 5.74) is 0.511. The zero-order valence-corrected chi connectivity index (χ0v) is 12.5. The molecule has 0 bridgehead atoms. The molecule has 0 aromatic heterocycles. The lowest BCUT2D eigenvalue weighted by Gasteiger charge is -2.41. The van der Waals surface area contributed by atoms with Crippen molar-refractivity contribution >= 4 is 40.7 Å². The van der Waals surface area contributed by atoms with Crippen molar-refractivity contribution in [1.82, 2.24) is 4.90 Å². The first-order valence-electron chi connectivity index (χ1n) is 6.59. The number of halogens is 2. The van der Waals surface area contributed by atoms with Crippen LogP contribution in [0, 0.1) is 0 Å². The van der Waals surface area contributed by atoms with Gasteiger partial charge in [0.05, 0.1) is 10.7 Å². The van der Waals surface area contributed by atoms with Crippen LogP contribution in [-0.2, 0) is 9.59 Å². The quantitative estimate of drug-likeness (QED) is 0.800. The summed E-state index contributed by atoms with van der Waals surface area (Å²) in [5, 5.41) is 0.916. The monoisotopic (exact) mass is 312 g/mol. The maximum Gasteiger partial charge on any atom is 0.250 e. The molecular weight excluding hydrogens is 299 g/mol. The standard InChI is InChI=1S/C14H14Cl2N2O2/c1-8-13(19)17-6-2-3-11(17)14(20)18(8)12-7-9(15)4-5-10(12)16/h4-5,7-8,11H,2-3,6H2,1H3. The molecule has 4 nitrogen and oxygen atoms in total. The lowest BCUT2D eigenvalue weighted by Crippen LogP contribution is -2.62. The van der Waals surface area contributed by atoms with Crippen LogP contribution in [-0.4, -0.2) is 35.3 Å². The number of amides is 2. The number of rotatable bonds is 1. The topological polar surface area (TPSA) is 40.6 Å². The maximum absolute atomic E-state index is 12.7. The zero-order valence-electron chi connectivity index (χ0n) is 11.0. The number of carbonyl (C=O) groups is 2. The minimum atomic E-state index is -0.548. The van der Waals surface area contributed by atoms with E-state index in [0.717, 1.165) is 6.42 Å². The number of piperazine rings is 1. The minimum absolute atomic E-state index is 0.0249. The third-order valence-electron chi connectivity index (χ3n) is 3.97. The second-order valence-corrected chi connectivity index (χ2v) is 6.01. The molecule has 2 saturated heterocycles. The molecule has 1 aromatic rings. The predicted octanol–water partition coefficient (Wildman–Crippen LogP) is 2.72. The summed E-state index contributed by atoms with van der Waals surface area (Å²) in [6.07, 6.45) is 1.58. The molecule has 0 saturated carbocycles. The van der Waals surface area contributed by atoms with Crippen LogP contribution in [0.25, 0.3) is 0 Å². The minimum Gasteiger partial charge on any atom is -0.329 e. The van der Waals surface area contributed by atoms with Gasteiger partial charge in [-0.15, -0.1) is 0 Å². The molecule has 2 aliphatic rings. The van der Waals surface area contributed by atoms with Crippen molar-refractivity contribution in [3.63, 3.8) is 0 Å². The number of carbonyl (C=O) groups excluding carboxylic acids is 2. The van der Waals surface area contributed by atoms with Gasteiger partial charge in [-0.25, -0.2) is 0 Å². The van der Waals surface area contributed by atoms with Gasteiger partial charge in [-0.05, 0) is 38.0 Å². The third-order valence-corrected chi connectivity index (χ3v) is 4.53. The highest BCUT2D eigenvalue weighted by molar-refractivity contribution is 6.36. The molecule has 2 fully saturated rings. The van der Waals surface area contributed by atoms with Gasteiger partial charge in [0.2, 0.25) is 5.91 Å². The van der Waals surface area contributed by atoms with Gasteiger partial charge in [0.1, 0.15) is 12.1 Å². The fourth-order valence-corrected chi connectivity index (χ4v) is 3.36. The Morgan fingerprint density at radius 1 is 1.20 bits per heavy atom. The SMILES string of the molecule is CC1C(=O)N2CCCC2C(=O)N1c1cc(Cl)ccc1Cl. The van der Waals surface area contributed by atoms with E-state index in [2.05, 4.69) is 0 Å². The van der Waals surface area contributed by atoms with Gasteiger partial charge in [0.15, 0.2) is 0 Å². The Kier molecular flexibility index (Phi) is 3.38. The largest absolute Gasteiger partial charge is 0.329 e. The summed E-state index contributed by atoms with van der Waals surface area (Å²) in [5.74, 6) is -0.0955. The van der Waals surface area contributed by atoms with Crippen LogP contribution in [0.15, 0.2) is 18.2 Å². The van der Waals surface area contributed by atoms with E-state index < -0.39 is 6.04 Å². The highest BCUT2D eigenvalue weighted by atomic mass is 35.5. The number of hydrogen-bond acceptors (Lipinski definition) is 2. The predicted molar refractivity (Wildman–Crippen MR) is 78.1 cm³/mol. The normalized spacial score (nSPS) is 26.1. The molecule has 0 aliphatic carbocycles. The number of nitrogens with zero attached hydrogens (tertiary/aromatic N) is 2.